The highest BCUT2D eigenvalue weighted by Gasteiger charge is 2.33. The maximum Gasteiger partial charge on any atom is 0.134 e. The van der Waals surface area contributed by atoms with E-state index in [1.807, 2.05) is 0 Å². The van der Waals surface area contributed by atoms with Crippen LogP contribution in [0.25, 0.3) is 0 Å². The van der Waals surface area contributed by atoms with Gasteiger partial charge >= 0.3 is 0 Å². The summed E-state index contributed by atoms with van der Waals surface area (Å²) in [6, 6.07) is 0. The van der Waals surface area contributed by atoms with Gasteiger partial charge in [0.15, 0.2) is 0 Å². The molecule has 5 heteroatoms. The van der Waals surface area contributed by atoms with Crippen molar-refractivity contribution >= 4 is 0 Å². The van der Waals surface area contributed by atoms with Gasteiger partial charge in [-0.3, -0.25) is 0 Å². The molecular formula is C8H16FN3O. The fraction of sp³-hybridized carbons (Fsp3) is 0.750. The Morgan fingerprint density at radius 2 is 2.08 bits per heavy atom. The van der Waals surface area contributed by atoms with Gasteiger partial charge in [0, 0.05) is 38.5 Å². The first kappa shape index (κ1) is 10.3. The number of alkyl halides is 1. The maximum atomic E-state index is 13.9. The molecule has 0 aromatic rings. The van der Waals surface area contributed by atoms with Crippen LogP contribution in [-0.4, -0.2) is 30.4 Å². The third-order valence-electron chi connectivity index (χ3n) is 2.13. The monoisotopic (exact) mass is 189 g/mol. The minimum Gasteiger partial charge on any atom is -0.403 e. The van der Waals surface area contributed by atoms with Crippen molar-refractivity contribution < 1.29 is 9.13 Å². The van der Waals surface area contributed by atoms with E-state index in [2.05, 4.69) is 0 Å². The molecule has 0 bridgehead atoms. The molecule has 1 aliphatic heterocycles. The average Bonchev–Trinajstić information content (AvgIpc) is 2.04. The lowest BCUT2D eigenvalue weighted by molar-refractivity contribution is -0.0209. The van der Waals surface area contributed by atoms with Gasteiger partial charge < -0.3 is 15.5 Å². The molecule has 4 N–H and O–H groups in total. The molecule has 0 aromatic carbocycles. The topological polar surface area (TPSA) is 64.5 Å². The number of ether oxygens (including phenoxy) is 1. The summed E-state index contributed by atoms with van der Waals surface area (Å²) in [4.78, 5) is 0. The van der Waals surface area contributed by atoms with Crippen molar-refractivity contribution in [1.29, 1.82) is 0 Å². The van der Waals surface area contributed by atoms with Crippen LogP contribution in [-0.2, 0) is 4.74 Å². The van der Waals surface area contributed by atoms with E-state index in [0.29, 0.717) is 26.1 Å². The van der Waals surface area contributed by atoms with E-state index in [9.17, 15) is 4.39 Å². The molecule has 1 heterocycles. The van der Waals surface area contributed by atoms with Gasteiger partial charge in [-0.2, -0.15) is 0 Å². The van der Waals surface area contributed by atoms with E-state index in [4.69, 9.17) is 16.3 Å². The molecule has 0 amide bonds. The van der Waals surface area contributed by atoms with Crippen LogP contribution in [0.2, 0.25) is 0 Å². The quantitative estimate of drug-likeness (QED) is 0.488. The first-order valence-electron chi connectivity index (χ1n) is 4.33. The van der Waals surface area contributed by atoms with Crippen molar-refractivity contribution in [3.8, 4) is 0 Å². The predicted molar refractivity (Wildman–Crippen MR) is 48.1 cm³/mol. The molecule has 76 valence electrons. The zero-order chi connectivity index (χ0) is 9.73. The highest BCUT2D eigenvalue weighted by Crippen LogP contribution is 2.25. The first-order valence-corrected chi connectivity index (χ1v) is 4.33. The van der Waals surface area contributed by atoms with Crippen LogP contribution in [0.3, 0.4) is 0 Å². The third kappa shape index (κ3) is 3.20. The molecule has 1 aliphatic rings. The molecular weight excluding hydrogens is 173 g/mol. The number of hydrogen-bond acceptors (Lipinski definition) is 4. The number of nitrogens with zero attached hydrogens (tertiary/aromatic N) is 1. The molecule has 1 fully saturated rings. The fourth-order valence-corrected chi connectivity index (χ4v) is 1.39. The number of hydrogen-bond donors (Lipinski definition) is 2. The fourth-order valence-electron chi connectivity index (χ4n) is 1.39. The minimum absolute atomic E-state index is 0.171. The molecule has 0 unspecified atom stereocenters. The Hall–Kier alpha value is -0.810. The van der Waals surface area contributed by atoms with Crippen LogP contribution < -0.4 is 11.6 Å². The van der Waals surface area contributed by atoms with Crippen molar-refractivity contribution in [2.75, 3.05) is 19.8 Å². The second-order valence-electron chi connectivity index (χ2n) is 3.28. The normalized spacial score (nSPS) is 22.0. The number of rotatable bonds is 3. The summed E-state index contributed by atoms with van der Waals surface area (Å²) in [6.07, 6.45) is 3.55. The van der Waals surface area contributed by atoms with Crippen LogP contribution in [0.15, 0.2) is 12.4 Å². The molecule has 0 spiro atoms. The van der Waals surface area contributed by atoms with Gasteiger partial charge in [-0.25, -0.2) is 10.2 Å². The Balaban J connectivity index is 2.40. The highest BCUT2D eigenvalue weighted by atomic mass is 19.1. The lowest BCUT2D eigenvalue weighted by atomic mass is 9.96. The Bertz CT molecular complexity index is 180. The zero-order valence-corrected chi connectivity index (χ0v) is 7.58. The average molecular weight is 189 g/mol. The van der Waals surface area contributed by atoms with Gasteiger partial charge in [-0.1, -0.05) is 0 Å². The summed E-state index contributed by atoms with van der Waals surface area (Å²) in [5.74, 6) is 5.49. The minimum atomic E-state index is -1.23. The number of halogens is 1. The van der Waals surface area contributed by atoms with E-state index < -0.39 is 5.67 Å². The summed E-state index contributed by atoms with van der Waals surface area (Å²) < 4.78 is 18.9. The Morgan fingerprint density at radius 3 is 2.62 bits per heavy atom. The van der Waals surface area contributed by atoms with Gasteiger partial charge in [0.05, 0.1) is 6.54 Å². The van der Waals surface area contributed by atoms with Gasteiger partial charge in [-0.15, -0.1) is 0 Å². The van der Waals surface area contributed by atoms with Gasteiger partial charge in [0.2, 0.25) is 0 Å². The van der Waals surface area contributed by atoms with E-state index in [1.54, 1.807) is 0 Å². The second-order valence-corrected chi connectivity index (χ2v) is 3.28. The Labute approximate surface area is 77.3 Å². The largest absolute Gasteiger partial charge is 0.403 e. The van der Waals surface area contributed by atoms with Crippen molar-refractivity contribution in [3.05, 3.63) is 12.4 Å². The molecule has 0 aromatic heterocycles. The second kappa shape index (κ2) is 4.43. The highest BCUT2D eigenvalue weighted by molar-refractivity contribution is 4.87. The zero-order valence-electron chi connectivity index (χ0n) is 7.58. The molecule has 0 saturated carbocycles. The molecule has 0 atom stereocenters. The van der Waals surface area contributed by atoms with Crippen molar-refractivity contribution in [1.82, 2.24) is 5.01 Å². The summed E-state index contributed by atoms with van der Waals surface area (Å²) in [6.45, 7) is 1.11. The van der Waals surface area contributed by atoms with Crippen LogP contribution in [0, 0.1) is 0 Å². The first-order chi connectivity index (χ1) is 6.16. The number of nitrogens with two attached hydrogens (primary N) is 2. The van der Waals surface area contributed by atoms with E-state index in [0.717, 1.165) is 0 Å². The van der Waals surface area contributed by atoms with E-state index >= 15 is 0 Å². The van der Waals surface area contributed by atoms with Gasteiger partial charge in [0.25, 0.3) is 0 Å². The molecule has 0 aliphatic carbocycles. The van der Waals surface area contributed by atoms with Crippen molar-refractivity contribution in [3.63, 3.8) is 0 Å². The predicted octanol–water partition coefficient (Wildman–Crippen LogP) is 0.111. The summed E-state index contributed by atoms with van der Waals surface area (Å²) >= 11 is 0. The van der Waals surface area contributed by atoms with Crippen LogP contribution in [0.4, 0.5) is 4.39 Å². The van der Waals surface area contributed by atoms with Crippen LogP contribution in [0.1, 0.15) is 12.8 Å². The standard InChI is InChI=1S/C8H16FN3O/c9-8(1-5-13-6-2-8)7-12(11)4-3-10/h3-4H,1-2,5-7,10-11H2/b4-3-. The summed E-state index contributed by atoms with van der Waals surface area (Å²) in [5.41, 5.74) is 3.90. The lowest BCUT2D eigenvalue weighted by Crippen LogP contribution is -2.44. The number of hydrazine groups is 1. The van der Waals surface area contributed by atoms with Crippen LogP contribution >= 0.6 is 0 Å². The molecule has 0 radical (unpaired) electrons. The van der Waals surface area contributed by atoms with Crippen LogP contribution in [0.5, 0.6) is 0 Å². The molecule has 1 saturated heterocycles. The SMILES string of the molecule is N/C=C\N(N)CC1(F)CCOCC1. The summed E-state index contributed by atoms with van der Waals surface area (Å²) in [5, 5.41) is 1.27. The lowest BCUT2D eigenvalue weighted by Gasteiger charge is -2.32. The molecule has 4 nitrogen and oxygen atoms in total. The smallest absolute Gasteiger partial charge is 0.134 e. The third-order valence-corrected chi connectivity index (χ3v) is 2.13. The molecule has 1 rings (SSSR count). The van der Waals surface area contributed by atoms with E-state index in [1.165, 1.54) is 17.4 Å². The van der Waals surface area contributed by atoms with Gasteiger partial charge in [0.1, 0.15) is 5.67 Å². The molecule has 13 heavy (non-hydrogen) atoms. The summed E-state index contributed by atoms with van der Waals surface area (Å²) in [7, 11) is 0. The van der Waals surface area contributed by atoms with Crippen molar-refractivity contribution in [2.24, 2.45) is 11.6 Å². The van der Waals surface area contributed by atoms with E-state index in [-0.39, 0.29) is 6.54 Å². The Kier molecular flexibility index (Phi) is 3.50. The Morgan fingerprint density at radius 1 is 1.46 bits per heavy atom. The van der Waals surface area contributed by atoms with Gasteiger partial charge in [-0.05, 0) is 0 Å². The van der Waals surface area contributed by atoms with Crippen molar-refractivity contribution in [2.45, 2.75) is 18.5 Å². The maximum absolute atomic E-state index is 13.9.